The summed E-state index contributed by atoms with van der Waals surface area (Å²) in [7, 11) is -0.693. The van der Waals surface area contributed by atoms with Crippen molar-refractivity contribution in [2.24, 2.45) is 0 Å². The number of benzene rings is 2. The van der Waals surface area contributed by atoms with Gasteiger partial charge in [0, 0.05) is 6.54 Å². The fourth-order valence-electron chi connectivity index (χ4n) is 2.09. The summed E-state index contributed by atoms with van der Waals surface area (Å²) in [5.74, 6) is -4.17. The Bertz CT molecular complexity index is 1040. The monoisotopic (exact) mass is 504 g/mol. The van der Waals surface area contributed by atoms with E-state index in [-0.39, 0.29) is 11.3 Å². The molecule has 0 aliphatic heterocycles. The van der Waals surface area contributed by atoms with Crippen molar-refractivity contribution in [1.82, 2.24) is 16.1 Å². The smallest absolute Gasteiger partial charge is 0.437 e. The molecule has 0 unspecified atom stereocenters. The molecular weight excluding hydrogens is 485 g/mol. The van der Waals surface area contributed by atoms with Crippen LogP contribution in [0.25, 0.3) is 0 Å². The summed E-state index contributed by atoms with van der Waals surface area (Å²) in [6, 6.07) is 13.9. The Kier molecular flexibility index (Phi) is 10.8. The number of anilines is 2. The number of nitrogens with one attached hydrogen (secondary N) is 5. The predicted octanol–water partition coefficient (Wildman–Crippen LogP) is 2.46. The van der Waals surface area contributed by atoms with Crippen molar-refractivity contribution >= 4 is 30.2 Å². The van der Waals surface area contributed by atoms with Crippen molar-refractivity contribution in [2.75, 3.05) is 10.9 Å². The summed E-state index contributed by atoms with van der Waals surface area (Å²) in [6.45, 7) is 1.89. The number of hydrogen-bond donors (Lipinski definition) is 6. The van der Waals surface area contributed by atoms with E-state index in [0.717, 1.165) is 5.56 Å². The molecule has 9 nitrogen and oxygen atoms in total. The number of carbonyl (C=O) groups excluding carboxylic acids is 2. The molecule has 0 aromatic heterocycles. The van der Waals surface area contributed by atoms with Gasteiger partial charge in [0.2, 0.25) is 0 Å². The third-order valence-electron chi connectivity index (χ3n) is 3.68. The Morgan fingerprint density at radius 2 is 1.40 bits per heavy atom. The fraction of sp³-hybridized carbons (Fsp3) is 0.211. The largest absolute Gasteiger partial charge is 0.472 e. The van der Waals surface area contributed by atoms with Crippen LogP contribution in [0.2, 0.25) is 6.82 Å². The van der Waals surface area contributed by atoms with Crippen LogP contribution in [0.3, 0.4) is 0 Å². The highest BCUT2D eigenvalue weighted by Gasteiger charge is 2.39. The van der Waals surface area contributed by atoms with Crippen LogP contribution in [0.5, 0.6) is 0 Å². The normalized spacial score (nSPS) is 10.7. The maximum absolute atomic E-state index is 12.0. The molecule has 2 rings (SSSR count). The molecule has 0 atom stereocenters. The van der Waals surface area contributed by atoms with Gasteiger partial charge in [0.05, 0.1) is 23.0 Å². The third kappa shape index (κ3) is 11.6. The number of carbonyl (C=O) groups is 2. The zero-order valence-corrected chi connectivity index (χ0v) is 17.9. The molecule has 0 fully saturated rings. The van der Waals surface area contributed by atoms with E-state index in [0.29, 0.717) is 12.2 Å². The Morgan fingerprint density at radius 3 is 1.86 bits per heavy atom. The highest BCUT2D eigenvalue weighted by atomic mass is 19.4. The maximum atomic E-state index is 12.0. The molecule has 0 saturated carbocycles. The molecule has 0 heterocycles. The van der Waals surface area contributed by atoms with Gasteiger partial charge in [-0.05, 0) is 42.7 Å². The lowest BCUT2D eigenvalue weighted by molar-refractivity contribution is -0.173. The van der Waals surface area contributed by atoms with E-state index < -0.39 is 31.2 Å². The summed E-state index contributed by atoms with van der Waals surface area (Å²) in [5, 5.41) is 20.3. The maximum Gasteiger partial charge on any atom is 0.472 e. The first kappa shape index (κ1) is 29.1. The molecule has 2 aromatic rings. The SMILES string of the molecule is CB(O)NCc1cccc(NNC(=O)C(F)(F)F)c1.N#Cc1cccc(NNC(=O)C(F)(F)F)c1. The summed E-state index contributed by atoms with van der Waals surface area (Å²) < 4.78 is 71.2. The second-order valence-electron chi connectivity index (χ2n) is 6.60. The molecule has 0 aliphatic carbocycles. The van der Waals surface area contributed by atoms with E-state index >= 15 is 0 Å². The number of halogens is 6. The van der Waals surface area contributed by atoms with Gasteiger partial charge in [-0.25, -0.2) is 0 Å². The highest BCUT2D eigenvalue weighted by molar-refractivity contribution is 6.45. The topological polar surface area (TPSA) is 138 Å². The molecule has 0 spiro atoms. The van der Waals surface area contributed by atoms with Gasteiger partial charge in [-0.3, -0.25) is 31.3 Å². The highest BCUT2D eigenvalue weighted by Crippen LogP contribution is 2.16. The van der Waals surface area contributed by atoms with Crippen LogP contribution in [0.4, 0.5) is 37.7 Å². The fourth-order valence-corrected chi connectivity index (χ4v) is 2.09. The first-order chi connectivity index (χ1) is 16.2. The predicted molar refractivity (Wildman–Crippen MR) is 114 cm³/mol. The van der Waals surface area contributed by atoms with Crippen molar-refractivity contribution < 1.29 is 41.0 Å². The molecule has 2 aromatic carbocycles. The van der Waals surface area contributed by atoms with Gasteiger partial charge in [-0.2, -0.15) is 31.6 Å². The average Bonchev–Trinajstić information content (AvgIpc) is 2.79. The van der Waals surface area contributed by atoms with E-state index in [9.17, 15) is 35.9 Å². The summed E-state index contributed by atoms with van der Waals surface area (Å²) in [4.78, 5) is 21.0. The van der Waals surface area contributed by atoms with Gasteiger partial charge in [-0.1, -0.05) is 18.2 Å². The molecule has 0 saturated heterocycles. The third-order valence-corrected chi connectivity index (χ3v) is 3.68. The van der Waals surface area contributed by atoms with Crippen molar-refractivity contribution in [1.29, 1.82) is 5.26 Å². The molecule has 188 valence electrons. The Balaban J connectivity index is 0.000000355. The van der Waals surface area contributed by atoms with Crippen LogP contribution in [0.15, 0.2) is 48.5 Å². The Morgan fingerprint density at radius 1 is 0.914 bits per heavy atom. The second-order valence-corrected chi connectivity index (χ2v) is 6.60. The molecule has 2 amide bonds. The van der Waals surface area contributed by atoms with Gasteiger partial charge < -0.3 is 10.3 Å². The molecule has 35 heavy (non-hydrogen) atoms. The van der Waals surface area contributed by atoms with E-state index in [1.807, 2.05) is 6.07 Å². The minimum absolute atomic E-state index is 0.191. The summed E-state index contributed by atoms with van der Waals surface area (Å²) in [5.41, 5.74) is 8.75. The first-order valence-corrected chi connectivity index (χ1v) is 9.49. The number of amides is 2. The molecule has 16 heteroatoms. The number of hydrazine groups is 2. The molecule has 0 aliphatic rings. The van der Waals surface area contributed by atoms with Crippen molar-refractivity contribution in [2.45, 2.75) is 25.7 Å². The van der Waals surface area contributed by atoms with E-state index in [2.05, 4.69) is 16.1 Å². The number of rotatable bonds is 7. The minimum Gasteiger partial charge on any atom is -0.437 e. The average molecular weight is 504 g/mol. The summed E-state index contributed by atoms with van der Waals surface area (Å²) >= 11 is 0. The Hall–Kier alpha value is -3.97. The number of alkyl halides is 6. The minimum atomic E-state index is -4.94. The number of nitriles is 1. The number of nitrogens with zero attached hydrogens (tertiary/aromatic N) is 1. The van der Waals surface area contributed by atoms with Crippen LogP contribution in [0.1, 0.15) is 11.1 Å². The van der Waals surface area contributed by atoms with Crippen LogP contribution in [0, 0.1) is 11.3 Å². The second kappa shape index (κ2) is 13.1. The Labute approximate surface area is 195 Å². The zero-order valence-electron chi connectivity index (χ0n) is 17.9. The quantitative estimate of drug-likeness (QED) is 0.194. The lowest BCUT2D eigenvalue weighted by Crippen LogP contribution is -2.40. The van der Waals surface area contributed by atoms with E-state index in [4.69, 9.17) is 10.3 Å². The van der Waals surface area contributed by atoms with Gasteiger partial charge in [0.1, 0.15) is 0 Å². The molecule has 0 bridgehead atoms. The van der Waals surface area contributed by atoms with Crippen LogP contribution in [-0.2, 0) is 16.1 Å². The van der Waals surface area contributed by atoms with Crippen molar-refractivity contribution in [3.63, 3.8) is 0 Å². The van der Waals surface area contributed by atoms with Gasteiger partial charge in [0.25, 0.3) is 0 Å². The lowest BCUT2D eigenvalue weighted by Gasteiger charge is -2.11. The summed E-state index contributed by atoms with van der Waals surface area (Å²) in [6.07, 6.45) is -9.88. The van der Waals surface area contributed by atoms with Gasteiger partial charge >= 0.3 is 31.2 Å². The van der Waals surface area contributed by atoms with Crippen LogP contribution in [-0.4, -0.2) is 36.2 Å². The number of hydrogen-bond acceptors (Lipinski definition) is 7. The lowest BCUT2D eigenvalue weighted by atomic mass is 9.88. The van der Waals surface area contributed by atoms with Gasteiger partial charge in [-0.15, -0.1) is 0 Å². The molecular formula is C19H19BF6N6O3. The van der Waals surface area contributed by atoms with E-state index in [1.165, 1.54) is 35.8 Å². The molecule has 6 N–H and O–H groups in total. The zero-order chi connectivity index (χ0) is 26.6. The van der Waals surface area contributed by atoms with Gasteiger partial charge in [0.15, 0.2) is 0 Å². The van der Waals surface area contributed by atoms with Crippen molar-refractivity contribution in [3.8, 4) is 6.07 Å². The standard InChI is InChI=1S/C10H13BF3N3O2.C9H6F3N3O/c1-11(19)15-6-7-3-2-4-8(5-7)16-17-9(18)10(12,13)14;10-9(11,12)8(16)15-14-7-3-1-2-6(4-7)5-13/h2-5,15-16,19H,6H2,1H3,(H,17,18);1-4,14H,(H,15,16). The van der Waals surface area contributed by atoms with E-state index in [1.54, 1.807) is 30.4 Å². The van der Waals surface area contributed by atoms with Crippen molar-refractivity contribution in [3.05, 3.63) is 59.7 Å². The van der Waals surface area contributed by atoms with Crippen LogP contribution < -0.4 is 26.9 Å². The first-order valence-electron chi connectivity index (χ1n) is 9.49. The molecule has 0 radical (unpaired) electrons. The van der Waals surface area contributed by atoms with Crippen LogP contribution >= 0.6 is 0 Å².